The number of carbonyl (C=O) groups excluding carboxylic acids is 1. The largest absolute Gasteiger partial charge is 0.497 e. The molecule has 0 aliphatic rings. The third-order valence-electron chi connectivity index (χ3n) is 4.83. The van der Waals surface area contributed by atoms with E-state index in [9.17, 15) is 9.18 Å². The second kappa shape index (κ2) is 9.07. The lowest BCUT2D eigenvalue weighted by Gasteiger charge is -2.14. The third kappa shape index (κ3) is 4.64. The molecule has 0 bridgehead atoms. The molecule has 0 radical (unpaired) electrons. The van der Waals surface area contributed by atoms with Crippen LogP contribution in [0.25, 0.3) is 10.8 Å². The van der Waals surface area contributed by atoms with E-state index in [1.165, 1.54) is 12.1 Å². The molecule has 3 rings (SSSR count). The lowest BCUT2D eigenvalue weighted by atomic mass is 9.97. The zero-order valence-corrected chi connectivity index (χ0v) is 16.3. The topological polar surface area (TPSA) is 74.2 Å². The number of amides is 1. The van der Waals surface area contributed by atoms with E-state index in [2.05, 4.69) is 10.6 Å². The van der Waals surface area contributed by atoms with Crippen molar-refractivity contribution >= 4 is 22.4 Å². The fourth-order valence-corrected chi connectivity index (χ4v) is 3.11. The first kappa shape index (κ1) is 20.2. The Morgan fingerprint density at radius 2 is 1.90 bits per heavy atom. The minimum absolute atomic E-state index is 0.0278. The van der Waals surface area contributed by atoms with Gasteiger partial charge < -0.3 is 15.4 Å². The molecule has 0 heterocycles. The van der Waals surface area contributed by atoms with Crippen molar-refractivity contribution in [3.63, 3.8) is 0 Å². The van der Waals surface area contributed by atoms with Gasteiger partial charge in [-0.25, -0.2) is 4.39 Å². The van der Waals surface area contributed by atoms with Crippen LogP contribution in [-0.4, -0.2) is 26.1 Å². The van der Waals surface area contributed by atoms with Crippen LogP contribution in [-0.2, 0) is 4.79 Å². The van der Waals surface area contributed by atoms with Crippen LogP contribution in [0.3, 0.4) is 0 Å². The van der Waals surface area contributed by atoms with Gasteiger partial charge in [0.15, 0.2) is 0 Å². The summed E-state index contributed by atoms with van der Waals surface area (Å²) in [6.07, 6.45) is 0. The maximum atomic E-state index is 13.6. The van der Waals surface area contributed by atoms with Gasteiger partial charge in [0.2, 0.25) is 5.91 Å². The average Bonchev–Trinajstić information content (AvgIpc) is 2.75. The van der Waals surface area contributed by atoms with E-state index in [0.717, 1.165) is 22.1 Å². The number of nitriles is 1. The van der Waals surface area contributed by atoms with Crippen LogP contribution in [0.4, 0.5) is 10.1 Å². The van der Waals surface area contributed by atoms with Crippen molar-refractivity contribution in [2.24, 2.45) is 0 Å². The zero-order valence-electron chi connectivity index (χ0n) is 16.3. The number of benzene rings is 3. The van der Waals surface area contributed by atoms with E-state index < -0.39 is 5.82 Å². The zero-order chi connectivity index (χ0) is 20.8. The number of anilines is 1. The van der Waals surface area contributed by atoms with Crippen LogP contribution in [0.2, 0.25) is 0 Å². The van der Waals surface area contributed by atoms with Gasteiger partial charge >= 0.3 is 0 Å². The first-order chi connectivity index (χ1) is 14.0. The summed E-state index contributed by atoms with van der Waals surface area (Å²) >= 11 is 0. The van der Waals surface area contributed by atoms with Crippen molar-refractivity contribution in [2.45, 2.75) is 12.8 Å². The van der Waals surface area contributed by atoms with Gasteiger partial charge in [-0.3, -0.25) is 4.79 Å². The normalized spacial score (nSPS) is 11.5. The maximum absolute atomic E-state index is 13.6. The van der Waals surface area contributed by atoms with Gasteiger partial charge in [-0.2, -0.15) is 5.26 Å². The van der Waals surface area contributed by atoms with Crippen LogP contribution >= 0.6 is 0 Å². The molecule has 29 heavy (non-hydrogen) atoms. The smallest absolute Gasteiger partial charge is 0.227 e. The van der Waals surface area contributed by atoms with Gasteiger partial charge in [0.1, 0.15) is 23.2 Å². The molecule has 5 nitrogen and oxygen atoms in total. The number of nitrogens with zero attached hydrogens (tertiary/aromatic N) is 1. The predicted molar refractivity (Wildman–Crippen MR) is 112 cm³/mol. The molecule has 6 heteroatoms. The summed E-state index contributed by atoms with van der Waals surface area (Å²) in [6.45, 7) is 2.59. The SMILES string of the molecule is COc1ccc2cc([C@H](C)C(=O)NCCNc3cccc(F)c3C#N)ccc2c1. The van der Waals surface area contributed by atoms with Crippen molar-refractivity contribution in [3.8, 4) is 11.8 Å². The van der Waals surface area contributed by atoms with E-state index in [4.69, 9.17) is 10.00 Å². The molecule has 148 valence electrons. The molecule has 1 atom stereocenters. The monoisotopic (exact) mass is 391 g/mol. The van der Waals surface area contributed by atoms with Crippen molar-refractivity contribution in [3.05, 3.63) is 71.5 Å². The van der Waals surface area contributed by atoms with Crippen LogP contribution < -0.4 is 15.4 Å². The average molecular weight is 391 g/mol. The van der Waals surface area contributed by atoms with Crippen LogP contribution in [0.5, 0.6) is 5.75 Å². The van der Waals surface area contributed by atoms with E-state index in [-0.39, 0.29) is 17.4 Å². The Kier molecular flexibility index (Phi) is 6.30. The lowest BCUT2D eigenvalue weighted by Crippen LogP contribution is -2.32. The number of carbonyl (C=O) groups is 1. The molecule has 0 saturated heterocycles. The third-order valence-corrected chi connectivity index (χ3v) is 4.83. The number of hydrogen-bond acceptors (Lipinski definition) is 4. The lowest BCUT2D eigenvalue weighted by molar-refractivity contribution is -0.122. The van der Waals surface area contributed by atoms with E-state index in [1.54, 1.807) is 13.2 Å². The molecular formula is C23H22FN3O2. The molecule has 3 aromatic carbocycles. The number of halogens is 1. The standard InChI is InChI=1S/C23H22FN3O2/c1-15(16-6-7-18-13-19(29-2)9-8-17(18)12-16)23(28)27-11-10-26-22-5-3-4-21(24)20(22)14-25/h3-9,12-13,15,26H,10-11H2,1-2H3,(H,27,28)/t15-/m0/s1. The minimum atomic E-state index is -0.566. The minimum Gasteiger partial charge on any atom is -0.497 e. The molecule has 1 amide bonds. The van der Waals surface area contributed by atoms with Gasteiger partial charge in [-0.15, -0.1) is 0 Å². The Morgan fingerprint density at radius 3 is 2.66 bits per heavy atom. The molecule has 0 spiro atoms. The van der Waals surface area contributed by atoms with Crippen molar-refractivity contribution < 1.29 is 13.9 Å². The summed E-state index contributed by atoms with van der Waals surface area (Å²) in [5.74, 6) is -0.185. The van der Waals surface area contributed by atoms with Gasteiger partial charge in [-0.1, -0.05) is 30.3 Å². The highest BCUT2D eigenvalue weighted by atomic mass is 19.1. The first-order valence-corrected chi connectivity index (χ1v) is 9.31. The Labute approximate surface area is 169 Å². The number of nitrogens with one attached hydrogen (secondary N) is 2. The Balaban J connectivity index is 1.58. The number of fused-ring (bicyclic) bond motifs is 1. The summed E-state index contributed by atoms with van der Waals surface area (Å²) in [6, 6.07) is 18.0. The van der Waals surface area contributed by atoms with Gasteiger partial charge in [-0.05, 0) is 47.5 Å². The molecule has 0 fully saturated rings. The van der Waals surface area contributed by atoms with Gasteiger partial charge in [0.05, 0.1) is 18.7 Å². The van der Waals surface area contributed by atoms with E-state index in [1.807, 2.05) is 49.4 Å². The van der Waals surface area contributed by atoms with E-state index >= 15 is 0 Å². The van der Waals surface area contributed by atoms with E-state index in [0.29, 0.717) is 18.8 Å². The fraction of sp³-hybridized carbons (Fsp3) is 0.217. The number of ether oxygens (including phenoxy) is 1. The predicted octanol–water partition coefficient (Wildman–Crippen LogP) is 4.19. The molecule has 0 aliphatic heterocycles. The van der Waals surface area contributed by atoms with Crippen molar-refractivity contribution in [2.75, 3.05) is 25.5 Å². The fourth-order valence-electron chi connectivity index (χ4n) is 3.11. The maximum Gasteiger partial charge on any atom is 0.227 e. The Morgan fingerprint density at radius 1 is 1.14 bits per heavy atom. The van der Waals surface area contributed by atoms with Crippen LogP contribution in [0.1, 0.15) is 24.0 Å². The highest BCUT2D eigenvalue weighted by Gasteiger charge is 2.15. The van der Waals surface area contributed by atoms with Crippen molar-refractivity contribution in [1.29, 1.82) is 5.26 Å². The molecule has 0 unspecified atom stereocenters. The molecule has 0 aliphatic carbocycles. The molecule has 0 saturated carbocycles. The van der Waals surface area contributed by atoms with Crippen LogP contribution in [0.15, 0.2) is 54.6 Å². The summed E-state index contributed by atoms with van der Waals surface area (Å²) < 4.78 is 18.8. The highest BCUT2D eigenvalue weighted by molar-refractivity contribution is 5.88. The summed E-state index contributed by atoms with van der Waals surface area (Å²) in [4.78, 5) is 12.5. The molecule has 2 N–H and O–H groups in total. The number of methoxy groups -OCH3 is 1. The second-order valence-corrected chi connectivity index (χ2v) is 6.69. The molecular weight excluding hydrogens is 369 g/mol. The van der Waals surface area contributed by atoms with Crippen LogP contribution in [0, 0.1) is 17.1 Å². The first-order valence-electron chi connectivity index (χ1n) is 9.31. The number of rotatable bonds is 7. The molecule has 3 aromatic rings. The number of hydrogen-bond donors (Lipinski definition) is 2. The van der Waals surface area contributed by atoms with Gasteiger partial charge in [0, 0.05) is 13.1 Å². The quantitative estimate of drug-likeness (QED) is 0.592. The highest BCUT2D eigenvalue weighted by Crippen LogP contribution is 2.25. The summed E-state index contributed by atoms with van der Waals surface area (Å²) in [5, 5.41) is 17.0. The summed E-state index contributed by atoms with van der Waals surface area (Å²) in [5.41, 5.74) is 1.31. The Bertz CT molecular complexity index is 1080. The van der Waals surface area contributed by atoms with Gasteiger partial charge in [0.25, 0.3) is 0 Å². The van der Waals surface area contributed by atoms with Crippen molar-refractivity contribution in [1.82, 2.24) is 5.32 Å². The Hall–Kier alpha value is -3.59. The molecule has 0 aromatic heterocycles. The summed E-state index contributed by atoms with van der Waals surface area (Å²) in [7, 11) is 1.63. The second-order valence-electron chi connectivity index (χ2n) is 6.69.